The number of anilines is 2. The monoisotopic (exact) mass is 419 g/mol. The van der Waals surface area contributed by atoms with Gasteiger partial charge in [-0.2, -0.15) is 18.4 Å². The first-order valence-electron chi connectivity index (χ1n) is 9.69. The molecule has 1 fully saturated rings. The predicted octanol–water partition coefficient (Wildman–Crippen LogP) is 4.33. The van der Waals surface area contributed by atoms with Crippen LogP contribution in [0, 0.1) is 16.7 Å². The first-order valence-corrected chi connectivity index (χ1v) is 9.69. The number of aliphatic hydroxyl groups excluding tert-OH is 1. The molecule has 2 aromatic rings. The zero-order valence-corrected chi connectivity index (χ0v) is 16.8. The molecule has 1 aliphatic carbocycles. The summed E-state index contributed by atoms with van der Waals surface area (Å²) in [5, 5.41) is 25.8. The number of rotatable bonds is 5. The standard InChI is InChI=1S/C21H24F3N5O/c1-20(2)8-15(3-4-18(20)30)29-17-7-19(27-11-13(17)9-25)28-12-14-10-26-6-5-16(14)21(22,23)24/h5-7,10-11,15,18,30H,3-4,8,12H2,1-2H3,(H2,27,28,29)/t15-,18-/m1/s1. The van der Waals surface area contributed by atoms with Crippen LogP contribution in [0.1, 0.15) is 49.8 Å². The second kappa shape index (κ2) is 8.48. The fraction of sp³-hybridized carbons (Fsp3) is 0.476. The molecule has 6 nitrogen and oxygen atoms in total. The van der Waals surface area contributed by atoms with Gasteiger partial charge in [-0.1, -0.05) is 13.8 Å². The van der Waals surface area contributed by atoms with Gasteiger partial charge < -0.3 is 15.7 Å². The third kappa shape index (κ3) is 5.00. The lowest BCUT2D eigenvalue weighted by atomic mass is 9.73. The SMILES string of the molecule is CC1(C)C[C@H](Nc2cc(NCc3cnccc3C(F)(F)F)ncc2C#N)CC[C@H]1O. The van der Waals surface area contributed by atoms with E-state index in [1.54, 1.807) is 6.07 Å². The van der Waals surface area contributed by atoms with Crippen LogP contribution in [-0.4, -0.2) is 27.2 Å². The van der Waals surface area contributed by atoms with Crippen LogP contribution in [0.5, 0.6) is 0 Å². The topological polar surface area (TPSA) is 93.9 Å². The van der Waals surface area contributed by atoms with Crippen molar-refractivity contribution in [3.8, 4) is 6.07 Å². The number of nitriles is 1. The highest BCUT2D eigenvalue weighted by Crippen LogP contribution is 2.37. The van der Waals surface area contributed by atoms with Crippen LogP contribution >= 0.6 is 0 Å². The Balaban J connectivity index is 1.75. The van der Waals surface area contributed by atoms with Crippen molar-refractivity contribution in [2.75, 3.05) is 10.6 Å². The van der Waals surface area contributed by atoms with Crippen molar-refractivity contribution < 1.29 is 18.3 Å². The number of aliphatic hydroxyl groups is 1. The molecule has 2 atom stereocenters. The number of pyridine rings is 2. The maximum Gasteiger partial charge on any atom is 0.416 e. The van der Waals surface area contributed by atoms with Crippen molar-refractivity contribution in [3.05, 3.63) is 47.4 Å². The van der Waals surface area contributed by atoms with Gasteiger partial charge in [0, 0.05) is 42.8 Å². The number of nitrogens with one attached hydrogen (secondary N) is 2. The van der Waals surface area contributed by atoms with Gasteiger partial charge in [0.1, 0.15) is 11.9 Å². The summed E-state index contributed by atoms with van der Waals surface area (Å²) in [6.07, 6.45) is 0.974. The fourth-order valence-corrected chi connectivity index (χ4v) is 3.76. The molecule has 0 amide bonds. The molecule has 2 heterocycles. The molecule has 1 aliphatic rings. The Hall–Kier alpha value is -2.86. The summed E-state index contributed by atoms with van der Waals surface area (Å²) in [5.74, 6) is 0.351. The highest BCUT2D eigenvalue weighted by molar-refractivity contribution is 5.62. The minimum atomic E-state index is -4.47. The third-order valence-corrected chi connectivity index (χ3v) is 5.52. The molecular formula is C21H24F3N5O. The van der Waals surface area contributed by atoms with Gasteiger partial charge in [-0.15, -0.1) is 0 Å². The number of halogens is 3. The average Bonchev–Trinajstić information content (AvgIpc) is 2.68. The van der Waals surface area contributed by atoms with E-state index in [1.165, 1.54) is 12.4 Å². The quantitative estimate of drug-likeness (QED) is 0.668. The van der Waals surface area contributed by atoms with Gasteiger partial charge in [-0.05, 0) is 30.7 Å². The van der Waals surface area contributed by atoms with Gasteiger partial charge in [-0.25, -0.2) is 4.98 Å². The largest absolute Gasteiger partial charge is 0.416 e. The van der Waals surface area contributed by atoms with Gasteiger partial charge in [0.25, 0.3) is 0 Å². The zero-order chi connectivity index (χ0) is 21.9. The number of aromatic nitrogens is 2. The second-order valence-corrected chi connectivity index (χ2v) is 8.24. The van der Waals surface area contributed by atoms with Crippen LogP contribution in [-0.2, 0) is 12.7 Å². The molecule has 3 rings (SSSR count). The molecular weight excluding hydrogens is 395 g/mol. The highest BCUT2D eigenvalue weighted by atomic mass is 19.4. The summed E-state index contributed by atoms with van der Waals surface area (Å²) in [4.78, 5) is 7.91. The van der Waals surface area contributed by atoms with Gasteiger partial charge in [0.05, 0.1) is 22.9 Å². The lowest BCUT2D eigenvalue weighted by molar-refractivity contribution is -0.138. The van der Waals surface area contributed by atoms with Crippen molar-refractivity contribution in [3.63, 3.8) is 0 Å². The van der Waals surface area contributed by atoms with Crippen molar-refractivity contribution in [2.45, 2.75) is 58.0 Å². The number of hydrogen-bond donors (Lipinski definition) is 3. The van der Waals surface area contributed by atoms with Crippen LogP contribution in [0.3, 0.4) is 0 Å². The third-order valence-electron chi connectivity index (χ3n) is 5.52. The molecule has 1 saturated carbocycles. The van der Waals surface area contributed by atoms with Crippen molar-refractivity contribution >= 4 is 11.5 Å². The Kier molecular flexibility index (Phi) is 6.17. The van der Waals surface area contributed by atoms with E-state index >= 15 is 0 Å². The first-order chi connectivity index (χ1) is 14.1. The Morgan fingerprint density at radius 1 is 1.30 bits per heavy atom. The minimum absolute atomic E-state index is 0.00804. The molecule has 160 valence electrons. The Bertz CT molecular complexity index is 939. The maximum atomic E-state index is 13.2. The molecule has 0 spiro atoms. The van der Waals surface area contributed by atoms with Gasteiger partial charge in [0.15, 0.2) is 0 Å². The first kappa shape index (κ1) is 21.8. The predicted molar refractivity (Wildman–Crippen MR) is 107 cm³/mol. The number of alkyl halides is 3. The molecule has 0 unspecified atom stereocenters. The summed E-state index contributed by atoms with van der Waals surface area (Å²) in [5.41, 5.74) is -0.0737. The summed E-state index contributed by atoms with van der Waals surface area (Å²) < 4.78 is 39.5. The average molecular weight is 419 g/mol. The summed E-state index contributed by atoms with van der Waals surface area (Å²) in [6, 6.07) is 4.72. The molecule has 0 aromatic carbocycles. The molecule has 0 saturated heterocycles. The zero-order valence-electron chi connectivity index (χ0n) is 16.8. The van der Waals surface area contributed by atoms with E-state index in [4.69, 9.17) is 0 Å². The van der Waals surface area contributed by atoms with Gasteiger partial charge in [-0.3, -0.25) is 4.98 Å². The summed E-state index contributed by atoms with van der Waals surface area (Å²) in [7, 11) is 0. The van der Waals surface area contributed by atoms with E-state index < -0.39 is 11.7 Å². The summed E-state index contributed by atoms with van der Waals surface area (Å²) >= 11 is 0. The van der Waals surface area contributed by atoms with E-state index in [0.717, 1.165) is 25.1 Å². The van der Waals surface area contributed by atoms with E-state index in [1.807, 2.05) is 13.8 Å². The van der Waals surface area contributed by atoms with Crippen LogP contribution < -0.4 is 10.6 Å². The maximum absolute atomic E-state index is 13.2. The minimum Gasteiger partial charge on any atom is -0.393 e. The lowest BCUT2D eigenvalue weighted by Crippen LogP contribution is -2.41. The molecule has 0 bridgehead atoms. The summed E-state index contributed by atoms with van der Waals surface area (Å²) in [6.45, 7) is 3.90. The lowest BCUT2D eigenvalue weighted by Gasteiger charge is -2.40. The molecule has 30 heavy (non-hydrogen) atoms. The van der Waals surface area contributed by atoms with Gasteiger partial charge in [0.2, 0.25) is 0 Å². The van der Waals surface area contributed by atoms with Gasteiger partial charge >= 0.3 is 6.18 Å². The van der Waals surface area contributed by atoms with E-state index in [0.29, 0.717) is 23.5 Å². The van der Waals surface area contributed by atoms with E-state index in [-0.39, 0.29) is 29.7 Å². The Morgan fingerprint density at radius 2 is 2.07 bits per heavy atom. The normalized spacial score (nSPS) is 21.0. The molecule has 9 heteroatoms. The van der Waals surface area contributed by atoms with Crippen molar-refractivity contribution in [2.24, 2.45) is 5.41 Å². The highest BCUT2D eigenvalue weighted by Gasteiger charge is 2.36. The van der Waals surface area contributed by atoms with Crippen molar-refractivity contribution in [1.82, 2.24) is 9.97 Å². The molecule has 0 aliphatic heterocycles. The van der Waals surface area contributed by atoms with Crippen molar-refractivity contribution in [1.29, 1.82) is 5.26 Å². The fourth-order valence-electron chi connectivity index (χ4n) is 3.76. The van der Waals surface area contributed by atoms with Crippen LogP contribution in [0.15, 0.2) is 30.7 Å². The Labute approximate surface area is 173 Å². The van der Waals surface area contributed by atoms with E-state index in [2.05, 4.69) is 26.7 Å². The van der Waals surface area contributed by atoms with Crippen LogP contribution in [0.4, 0.5) is 24.7 Å². The molecule has 2 aromatic heterocycles. The van der Waals surface area contributed by atoms with Crippen LogP contribution in [0.25, 0.3) is 0 Å². The molecule has 3 N–H and O–H groups in total. The second-order valence-electron chi connectivity index (χ2n) is 8.24. The number of hydrogen-bond acceptors (Lipinski definition) is 6. The number of nitrogens with zero attached hydrogens (tertiary/aromatic N) is 3. The molecule has 0 radical (unpaired) electrons. The van der Waals surface area contributed by atoms with E-state index in [9.17, 15) is 23.5 Å². The van der Waals surface area contributed by atoms with Crippen LogP contribution in [0.2, 0.25) is 0 Å². The smallest absolute Gasteiger partial charge is 0.393 e. The Morgan fingerprint density at radius 3 is 2.73 bits per heavy atom.